The summed E-state index contributed by atoms with van der Waals surface area (Å²) in [6, 6.07) is 87.8. The topological polar surface area (TPSA) is 8.17 Å². The van der Waals surface area contributed by atoms with Crippen molar-refractivity contribution in [2.75, 3.05) is 4.90 Å². The quantitative estimate of drug-likeness (QED) is 0.150. The fourth-order valence-corrected chi connectivity index (χ4v) is 9.10. The van der Waals surface area contributed by atoms with Crippen molar-refractivity contribution in [3.05, 3.63) is 243 Å². The van der Waals surface area contributed by atoms with Gasteiger partial charge in [-0.3, -0.25) is 0 Å². The Kier molecular flexibility index (Phi) is 8.87. The van der Waals surface area contributed by atoms with Crippen molar-refractivity contribution in [1.29, 1.82) is 0 Å². The molecule has 11 rings (SSSR count). The highest BCUT2D eigenvalue weighted by Gasteiger charge is 2.22. The Labute approximate surface area is 350 Å². The van der Waals surface area contributed by atoms with Crippen LogP contribution in [0.2, 0.25) is 0 Å². The van der Waals surface area contributed by atoms with Crippen LogP contribution in [-0.2, 0) is 0 Å². The van der Waals surface area contributed by atoms with Gasteiger partial charge in [-0.05, 0) is 98.2 Å². The molecule has 60 heavy (non-hydrogen) atoms. The molecule has 0 aliphatic heterocycles. The summed E-state index contributed by atoms with van der Waals surface area (Å²) in [5, 5.41) is 4.96. The normalized spacial score (nSPS) is 11.3. The highest BCUT2D eigenvalue weighted by molar-refractivity contribution is 6.16. The van der Waals surface area contributed by atoms with E-state index in [-0.39, 0.29) is 0 Å². The molecule has 0 radical (unpaired) electrons. The van der Waals surface area contributed by atoms with Crippen LogP contribution in [0.1, 0.15) is 0 Å². The van der Waals surface area contributed by atoms with E-state index in [1.54, 1.807) is 0 Å². The van der Waals surface area contributed by atoms with Crippen molar-refractivity contribution in [3.63, 3.8) is 0 Å². The zero-order chi connectivity index (χ0) is 39.8. The number of aromatic nitrogens is 1. The molecule has 0 amide bonds. The van der Waals surface area contributed by atoms with Crippen molar-refractivity contribution in [2.24, 2.45) is 0 Å². The van der Waals surface area contributed by atoms with Crippen LogP contribution in [0.15, 0.2) is 243 Å². The second kappa shape index (κ2) is 15.1. The standard InChI is InChI=1S/C58H40N2/c1-5-18-41(19-6-1)49-28-13-14-32-54(49)59(47-36-34-44(35-37-47)51-30-16-25-45-24-15-29-50(57(45)51)42-20-7-2-8-21-42)48-38-39-53-56(40-48)60(46-26-11-4-12-27-46)55-33-17-31-52(58(53)55)43-22-9-3-10-23-43/h1-40H. The summed E-state index contributed by atoms with van der Waals surface area (Å²) in [7, 11) is 0. The Balaban J connectivity index is 1.13. The maximum atomic E-state index is 2.43. The molecule has 0 aliphatic carbocycles. The van der Waals surface area contributed by atoms with E-state index in [1.807, 2.05) is 0 Å². The smallest absolute Gasteiger partial charge is 0.0562 e. The number of rotatable bonds is 8. The van der Waals surface area contributed by atoms with Crippen molar-refractivity contribution >= 4 is 49.6 Å². The zero-order valence-electron chi connectivity index (χ0n) is 33.0. The first-order chi connectivity index (χ1) is 29.8. The molecule has 1 heterocycles. The molecular formula is C58H40N2. The maximum absolute atomic E-state index is 2.43. The van der Waals surface area contributed by atoms with Gasteiger partial charge in [0, 0.05) is 33.4 Å². The maximum Gasteiger partial charge on any atom is 0.0562 e. The Morgan fingerprint density at radius 2 is 0.767 bits per heavy atom. The second-order valence-electron chi connectivity index (χ2n) is 15.3. The summed E-state index contributed by atoms with van der Waals surface area (Å²) in [5.41, 5.74) is 16.4. The first-order valence-corrected chi connectivity index (χ1v) is 20.6. The number of anilines is 3. The number of fused-ring (bicyclic) bond motifs is 4. The van der Waals surface area contributed by atoms with Crippen LogP contribution in [0.4, 0.5) is 17.1 Å². The van der Waals surface area contributed by atoms with Gasteiger partial charge in [-0.15, -0.1) is 0 Å². The predicted molar refractivity (Wildman–Crippen MR) is 255 cm³/mol. The highest BCUT2D eigenvalue weighted by Crippen LogP contribution is 2.45. The second-order valence-corrected chi connectivity index (χ2v) is 15.3. The van der Waals surface area contributed by atoms with Crippen LogP contribution in [0.5, 0.6) is 0 Å². The lowest BCUT2D eigenvalue weighted by Crippen LogP contribution is -2.11. The molecule has 2 nitrogen and oxygen atoms in total. The van der Waals surface area contributed by atoms with Gasteiger partial charge < -0.3 is 9.47 Å². The van der Waals surface area contributed by atoms with Gasteiger partial charge in [0.1, 0.15) is 0 Å². The van der Waals surface area contributed by atoms with Crippen LogP contribution in [0.25, 0.3) is 82.8 Å². The van der Waals surface area contributed by atoms with E-state index in [2.05, 4.69) is 252 Å². The summed E-state index contributed by atoms with van der Waals surface area (Å²) in [5.74, 6) is 0. The van der Waals surface area contributed by atoms with E-state index in [1.165, 1.54) is 71.6 Å². The fourth-order valence-electron chi connectivity index (χ4n) is 9.10. The monoisotopic (exact) mass is 764 g/mol. The number of hydrogen-bond acceptors (Lipinski definition) is 1. The van der Waals surface area contributed by atoms with E-state index in [0.717, 1.165) is 28.3 Å². The minimum Gasteiger partial charge on any atom is -0.310 e. The number of nitrogens with zero attached hydrogens (tertiary/aromatic N) is 2. The van der Waals surface area contributed by atoms with Crippen LogP contribution in [-0.4, -0.2) is 4.57 Å². The minimum atomic E-state index is 1.08. The molecule has 10 aromatic carbocycles. The molecule has 2 heteroatoms. The molecule has 0 unspecified atom stereocenters. The molecule has 0 bridgehead atoms. The first-order valence-electron chi connectivity index (χ1n) is 20.6. The highest BCUT2D eigenvalue weighted by atomic mass is 15.1. The molecule has 0 aliphatic rings. The van der Waals surface area contributed by atoms with Gasteiger partial charge in [-0.2, -0.15) is 0 Å². The predicted octanol–water partition coefficient (Wildman–Crippen LogP) is 16.1. The van der Waals surface area contributed by atoms with Crippen molar-refractivity contribution < 1.29 is 0 Å². The lowest BCUT2D eigenvalue weighted by atomic mass is 9.91. The number of para-hydroxylation sites is 2. The average molecular weight is 765 g/mol. The van der Waals surface area contributed by atoms with E-state index in [4.69, 9.17) is 0 Å². The molecule has 11 aromatic rings. The largest absolute Gasteiger partial charge is 0.310 e. The number of hydrogen-bond donors (Lipinski definition) is 0. The molecule has 0 saturated heterocycles. The molecule has 282 valence electrons. The summed E-state index contributed by atoms with van der Waals surface area (Å²) < 4.78 is 2.43. The summed E-state index contributed by atoms with van der Waals surface area (Å²) >= 11 is 0. The summed E-state index contributed by atoms with van der Waals surface area (Å²) in [6.45, 7) is 0. The van der Waals surface area contributed by atoms with Crippen molar-refractivity contribution in [1.82, 2.24) is 4.57 Å². The van der Waals surface area contributed by atoms with E-state index < -0.39 is 0 Å². The third kappa shape index (κ3) is 6.14. The molecular weight excluding hydrogens is 725 g/mol. The van der Waals surface area contributed by atoms with Crippen molar-refractivity contribution in [3.8, 4) is 50.2 Å². The van der Waals surface area contributed by atoms with Gasteiger partial charge in [0.25, 0.3) is 0 Å². The first kappa shape index (κ1) is 35.2. The van der Waals surface area contributed by atoms with E-state index in [0.29, 0.717) is 0 Å². The third-order valence-electron chi connectivity index (χ3n) is 11.8. The summed E-state index contributed by atoms with van der Waals surface area (Å²) in [4.78, 5) is 2.43. The van der Waals surface area contributed by atoms with Crippen LogP contribution < -0.4 is 4.90 Å². The zero-order valence-corrected chi connectivity index (χ0v) is 33.0. The van der Waals surface area contributed by atoms with Crippen LogP contribution in [0, 0.1) is 0 Å². The van der Waals surface area contributed by atoms with E-state index in [9.17, 15) is 0 Å². The molecule has 0 saturated carbocycles. The van der Waals surface area contributed by atoms with Gasteiger partial charge in [-0.1, -0.05) is 194 Å². The minimum absolute atomic E-state index is 1.08. The molecule has 0 fully saturated rings. The number of benzene rings is 10. The van der Waals surface area contributed by atoms with Crippen LogP contribution in [0.3, 0.4) is 0 Å². The molecule has 0 spiro atoms. The van der Waals surface area contributed by atoms with Gasteiger partial charge >= 0.3 is 0 Å². The third-order valence-corrected chi connectivity index (χ3v) is 11.8. The van der Waals surface area contributed by atoms with Gasteiger partial charge in [0.2, 0.25) is 0 Å². The Bertz CT molecular complexity index is 3270. The fraction of sp³-hybridized carbons (Fsp3) is 0. The SMILES string of the molecule is c1ccc(-c2ccccc2N(c2ccc(-c3cccc4cccc(-c5ccccc5)c34)cc2)c2ccc3c4c(-c5ccccc5)cccc4n(-c4ccccc4)c3c2)cc1. The van der Waals surface area contributed by atoms with E-state index >= 15 is 0 Å². The van der Waals surface area contributed by atoms with Gasteiger partial charge in [0.05, 0.1) is 16.7 Å². The molecule has 0 atom stereocenters. The van der Waals surface area contributed by atoms with Gasteiger partial charge in [-0.25, -0.2) is 0 Å². The molecule has 1 aromatic heterocycles. The lowest BCUT2D eigenvalue weighted by Gasteiger charge is -2.28. The average Bonchev–Trinajstić information content (AvgIpc) is 3.67. The Morgan fingerprint density at radius 3 is 1.38 bits per heavy atom. The summed E-state index contributed by atoms with van der Waals surface area (Å²) in [6.07, 6.45) is 0. The Hall–Kier alpha value is -7.94. The lowest BCUT2D eigenvalue weighted by molar-refractivity contribution is 1.18. The van der Waals surface area contributed by atoms with Gasteiger partial charge in [0.15, 0.2) is 0 Å². The van der Waals surface area contributed by atoms with Crippen molar-refractivity contribution in [2.45, 2.75) is 0 Å². The molecule has 0 N–H and O–H groups in total. The Morgan fingerprint density at radius 1 is 0.300 bits per heavy atom. The van der Waals surface area contributed by atoms with Crippen LogP contribution >= 0.6 is 0 Å².